The van der Waals surface area contributed by atoms with Gasteiger partial charge in [0.05, 0.1) is 25.1 Å². The summed E-state index contributed by atoms with van der Waals surface area (Å²) in [6.45, 7) is 7.76. The topological polar surface area (TPSA) is 52.1 Å². The van der Waals surface area contributed by atoms with E-state index in [1.807, 2.05) is 6.21 Å². The summed E-state index contributed by atoms with van der Waals surface area (Å²) < 4.78 is 5.65. The van der Waals surface area contributed by atoms with E-state index in [0.717, 1.165) is 64.6 Å². The van der Waals surface area contributed by atoms with Gasteiger partial charge in [-0.1, -0.05) is 18.6 Å². The molecule has 25 heavy (non-hydrogen) atoms. The molecule has 3 saturated heterocycles. The zero-order chi connectivity index (χ0) is 17.0. The van der Waals surface area contributed by atoms with E-state index in [1.54, 1.807) is 0 Å². The highest BCUT2D eigenvalue weighted by Crippen LogP contribution is 2.33. The minimum absolute atomic E-state index is 0.245. The second kappa shape index (κ2) is 8.10. The molecule has 0 aromatic heterocycles. The van der Waals surface area contributed by atoms with Crippen molar-refractivity contribution in [2.75, 3.05) is 52.5 Å². The van der Waals surface area contributed by atoms with Crippen LogP contribution in [0.3, 0.4) is 0 Å². The monoisotopic (exact) mass is 345 g/mol. The van der Waals surface area contributed by atoms with Crippen molar-refractivity contribution in [2.45, 2.75) is 37.5 Å². The largest absolute Gasteiger partial charge is 0.379 e. The van der Waals surface area contributed by atoms with Gasteiger partial charge in [-0.15, -0.1) is 0 Å². The molecule has 0 saturated carbocycles. The predicted octanol–water partition coefficient (Wildman–Crippen LogP) is 0.934. The number of piperazine rings is 1. The fraction of sp³-hybridized carbons (Fsp3) is 0.737. The van der Waals surface area contributed by atoms with Crippen molar-refractivity contribution in [2.24, 2.45) is 4.99 Å². The number of nitrogens with zero attached hydrogens (tertiary/aromatic N) is 3. The number of morpholine rings is 1. The Bertz CT molecular complexity index is 534. The van der Waals surface area contributed by atoms with Crippen LogP contribution in [0.25, 0.3) is 0 Å². The van der Waals surface area contributed by atoms with Gasteiger partial charge in [0.1, 0.15) is 5.66 Å². The predicted molar refractivity (Wildman–Crippen MR) is 101 cm³/mol. The molecule has 0 aromatic rings. The summed E-state index contributed by atoms with van der Waals surface area (Å²) in [4.78, 5) is 10.1. The molecule has 4 heterocycles. The maximum Gasteiger partial charge on any atom is 0.144 e. The first-order valence-electron chi connectivity index (χ1n) is 9.86. The van der Waals surface area contributed by atoms with Crippen LogP contribution in [0.15, 0.2) is 28.9 Å². The van der Waals surface area contributed by atoms with Crippen LogP contribution in [0.1, 0.15) is 25.7 Å². The molecule has 2 N–H and O–H groups in total. The van der Waals surface area contributed by atoms with E-state index in [-0.39, 0.29) is 11.8 Å². The van der Waals surface area contributed by atoms with Crippen LogP contribution in [0.4, 0.5) is 0 Å². The van der Waals surface area contributed by atoms with Crippen molar-refractivity contribution in [3.05, 3.63) is 23.9 Å². The Labute approximate surface area is 151 Å². The third-order valence-corrected chi connectivity index (χ3v) is 5.77. The first-order chi connectivity index (χ1) is 12.4. The average molecular weight is 345 g/mol. The maximum absolute atomic E-state index is 5.65. The molecule has 4 aliphatic heterocycles. The van der Waals surface area contributed by atoms with Crippen molar-refractivity contribution < 1.29 is 4.74 Å². The number of nitrogens with one attached hydrogen (secondary N) is 2. The van der Waals surface area contributed by atoms with Gasteiger partial charge in [-0.3, -0.25) is 25.4 Å². The van der Waals surface area contributed by atoms with E-state index in [0.29, 0.717) is 0 Å². The lowest BCUT2D eigenvalue weighted by atomic mass is 9.93. The van der Waals surface area contributed by atoms with E-state index in [1.165, 1.54) is 19.3 Å². The van der Waals surface area contributed by atoms with Crippen LogP contribution in [0.2, 0.25) is 0 Å². The number of rotatable bonds is 3. The number of likely N-dealkylation sites (tertiary alicyclic amines) is 1. The summed E-state index contributed by atoms with van der Waals surface area (Å²) in [5.74, 6) is 0. The van der Waals surface area contributed by atoms with Gasteiger partial charge < -0.3 is 4.74 Å². The zero-order valence-electron chi connectivity index (χ0n) is 15.1. The molecule has 6 nitrogen and oxygen atoms in total. The standard InChI is InChI=1S/C19H31N5O/c1-3-7-17(20-8-4-1)19(24-13-15-25-16-14-24)18(21-9-10-22-19)23-11-5-2-6-12-23/h1,3,7-8,18,21-22H,2,4-6,9-16H2. The highest BCUT2D eigenvalue weighted by Gasteiger charge is 2.51. The van der Waals surface area contributed by atoms with E-state index < -0.39 is 0 Å². The number of allylic oxidation sites excluding steroid dienone is 3. The van der Waals surface area contributed by atoms with Gasteiger partial charge >= 0.3 is 0 Å². The number of hydrogen-bond acceptors (Lipinski definition) is 6. The van der Waals surface area contributed by atoms with Gasteiger partial charge in [-0.25, -0.2) is 0 Å². The lowest BCUT2D eigenvalue weighted by Crippen LogP contribution is -2.79. The van der Waals surface area contributed by atoms with Crippen molar-refractivity contribution >= 4 is 6.21 Å². The molecular weight excluding hydrogens is 314 g/mol. The molecule has 3 fully saturated rings. The summed E-state index contributed by atoms with van der Waals surface area (Å²) in [5, 5.41) is 7.73. The molecule has 6 heteroatoms. The summed E-state index contributed by atoms with van der Waals surface area (Å²) in [6, 6.07) is 0. The minimum Gasteiger partial charge on any atom is -0.379 e. The minimum atomic E-state index is -0.287. The molecule has 0 amide bonds. The molecular formula is C19H31N5O. The van der Waals surface area contributed by atoms with Gasteiger partial charge in [0.15, 0.2) is 0 Å². The van der Waals surface area contributed by atoms with Crippen LogP contribution in [-0.4, -0.2) is 80.3 Å². The Hall–Kier alpha value is -1.05. The van der Waals surface area contributed by atoms with Crippen LogP contribution >= 0.6 is 0 Å². The first kappa shape index (κ1) is 17.4. The Balaban J connectivity index is 1.73. The molecule has 2 atom stereocenters. The van der Waals surface area contributed by atoms with Gasteiger partial charge in [-0.2, -0.15) is 0 Å². The lowest BCUT2D eigenvalue weighted by molar-refractivity contribution is -0.0819. The van der Waals surface area contributed by atoms with Crippen molar-refractivity contribution in [1.29, 1.82) is 0 Å². The molecule has 0 bridgehead atoms. The van der Waals surface area contributed by atoms with Gasteiger partial charge in [0.2, 0.25) is 0 Å². The van der Waals surface area contributed by atoms with Gasteiger partial charge in [0.25, 0.3) is 0 Å². The second-order valence-electron chi connectivity index (χ2n) is 7.27. The highest BCUT2D eigenvalue weighted by molar-refractivity contribution is 5.63. The van der Waals surface area contributed by atoms with E-state index in [4.69, 9.17) is 9.73 Å². The van der Waals surface area contributed by atoms with Gasteiger partial charge in [-0.05, 0) is 32.0 Å². The molecule has 4 aliphatic rings. The average Bonchev–Trinajstić information content (AvgIpc) is 2.99. The summed E-state index contributed by atoms with van der Waals surface area (Å²) in [5.41, 5.74) is 0.843. The number of hydrogen-bond donors (Lipinski definition) is 2. The fourth-order valence-electron chi connectivity index (χ4n) is 4.59. The smallest absolute Gasteiger partial charge is 0.144 e. The third kappa shape index (κ3) is 3.46. The number of piperidine rings is 1. The Kier molecular flexibility index (Phi) is 5.63. The summed E-state index contributed by atoms with van der Waals surface area (Å²) >= 11 is 0. The normalized spacial score (nSPS) is 35.4. The van der Waals surface area contributed by atoms with Crippen molar-refractivity contribution in [1.82, 2.24) is 20.4 Å². The zero-order valence-corrected chi connectivity index (χ0v) is 15.1. The van der Waals surface area contributed by atoms with Crippen LogP contribution in [0, 0.1) is 0 Å². The van der Waals surface area contributed by atoms with Crippen LogP contribution < -0.4 is 10.6 Å². The highest BCUT2D eigenvalue weighted by atomic mass is 16.5. The molecule has 4 rings (SSSR count). The van der Waals surface area contributed by atoms with Crippen LogP contribution in [0.5, 0.6) is 0 Å². The molecule has 2 unspecified atom stereocenters. The Morgan fingerprint density at radius 1 is 1.08 bits per heavy atom. The van der Waals surface area contributed by atoms with Crippen molar-refractivity contribution in [3.8, 4) is 0 Å². The Morgan fingerprint density at radius 3 is 2.76 bits per heavy atom. The summed E-state index contributed by atoms with van der Waals surface area (Å²) in [6.07, 6.45) is 13.7. The van der Waals surface area contributed by atoms with Gasteiger partial charge in [0, 0.05) is 38.8 Å². The lowest BCUT2D eigenvalue weighted by Gasteiger charge is -2.56. The molecule has 0 radical (unpaired) electrons. The molecule has 138 valence electrons. The molecule has 0 aliphatic carbocycles. The number of aliphatic imine (C=N–C) groups is 1. The maximum atomic E-state index is 5.65. The molecule has 0 spiro atoms. The third-order valence-electron chi connectivity index (χ3n) is 5.77. The van der Waals surface area contributed by atoms with E-state index in [2.05, 4.69) is 38.7 Å². The Morgan fingerprint density at radius 2 is 1.92 bits per heavy atom. The molecule has 0 aromatic carbocycles. The summed E-state index contributed by atoms with van der Waals surface area (Å²) in [7, 11) is 0. The quantitative estimate of drug-likeness (QED) is 0.797. The van der Waals surface area contributed by atoms with Crippen LogP contribution in [-0.2, 0) is 4.74 Å². The first-order valence-corrected chi connectivity index (χ1v) is 9.86. The second-order valence-corrected chi connectivity index (χ2v) is 7.27. The van der Waals surface area contributed by atoms with E-state index >= 15 is 0 Å². The SMILES string of the molecule is C1=CCC=NC(C2(N3CCOCC3)NCCNC2N2CCCCC2)=C1. The van der Waals surface area contributed by atoms with E-state index in [9.17, 15) is 0 Å². The fourth-order valence-corrected chi connectivity index (χ4v) is 4.59. The van der Waals surface area contributed by atoms with Crippen molar-refractivity contribution in [3.63, 3.8) is 0 Å². The number of ether oxygens (including phenoxy) is 1.